The van der Waals surface area contributed by atoms with Crippen molar-refractivity contribution in [2.45, 2.75) is 144 Å². The Bertz CT molecular complexity index is 1990. The van der Waals surface area contributed by atoms with E-state index in [9.17, 15) is 29.1 Å². The summed E-state index contributed by atoms with van der Waals surface area (Å²) in [6.45, 7) is 14.9. The average molecular weight is 853 g/mol. The molecule has 1 saturated carbocycles. The first kappa shape index (κ1) is 49.2. The molecule has 1 aliphatic rings. The highest BCUT2D eigenvalue weighted by atomic mass is 16.6. The lowest BCUT2D eigenvalue weighted by Crippen LogP contribution is -2.54. The number of hydrogen-bond donors (Lipinski definition) is 4. The molecule has 4 N–H and O–H groups in total. The van der Waals surface area contributed by atoms with Crippen molar-refractivity contribution in [2.75, 3.05) is 0 Å². The molecule has 1 aromatic carbocycles. The largest absolute Gasteiger partial charge is 0.443 e. The highest BCUT2D eigenvalue weighted by molar-refractivity contribution is 6.05. The summed E-state index contributed by atoms with van der Waals surface area (Å²) in [4.78, 5) is 77.0. The van der Waals surface area contributed by atoms with Gasteiger partial charge >= 0.3 is 6.09 Å². The maximum absolute atomic E-state index is 14.7. The molecule has 0 saturated heterocycles. The second-order valence-corrected chi connectivity index (χ2v) is 18.9. The second kappa shape index (κ2) is 23.1. The lowest BCUT2D eigenvalue weighted by Gasteiger charge is -2.33. The van der Waals surface area contributed by atoms with Gasteiger partial charge in [-0.15, -0.1) is 0 Å². The van der Waals surface area contributed by atoms with Gasteiger partial charge in [0.25, 0.3) is 0 Å². The Hall–Kier alpha value is -5.43. The fraction of sp³-hybridized carbons (Fsp3) is 0.531. The van der Waals surface area contributed by atoms with Crippen LogP contribution in [-0.2, 0) is 36.9 Å². The van der Waals surface area contributed by atoms with E-state index in [0.29, 0.717) is 17.7 Å². The zero-order valence-corrected chi connectivity index (χ0v) is 37.9. The van der Waals surface area contributed by atoms with Gasteiger partial charge in [-0.3, -0.25) is 24.2 Å². The van der Waals surface area contributed by atoms with Gasteiger partial charge in [0.05, 0.1) is 30.1 Å². The van der Waals surface area contributed by atoms with E-state index < -0.39 is 47.1 Å². The topological polar surface area (TPSA) is 182 Å². The minimum absolute atomic E-state index is 0.0568. The van der Waals surface area contributed by atoms with Gasteiger partial charge in [0.2, 0.25) is 17.7 Å². The molecular formula is C49H68N6O7. The standard InChI is InChI=1S/C49H68N6O7/c1-33(2)36(22-23-44(58)52-30-38-21-15-16-24-51-38)27-42(56)40(26-35-19-13-10-14-20-35)53-46(60)41(29-39-31-50-32-55(39)47(61)62-49(6,7)8)54-45(59)37(28-43(57)48(3,4)5)25-34-17-11-9-12-18-34/h9,11-12,15-18,21-25,31-33,35-36,40-42,56H,10,13-14,19-20,26-30H2,1-8H3,(H,52,58)(H,53,60)(H,54,59)/b23-22+,37-25?/t36-,40-,41-,42-/m0/s1. The molecule has 0 spiro atoms. The van der Waals surface area contributed by atoms with E-state index in [1.165, 1.54) is 23.2 Å². The van der Waals surface area contributed by atoms with Crippen LogP contribution in [0, 0.1) is 23.2 Å². The number of aliphatic hydroxyl groups is 1. The molecule has 2 heterocycles. The van der Waals surface area contributed by atoms with Crippen molar-refractivity contribution >= 4 is 35.7 Å². The zero-order chi connectivity index (χ0) is 45.5. The Morgan fingerprint density at radius 1 is 0.935 bits per heavy atom. The summed E-state index contributed by atoms with van der Waals surface area (Å²) in [5, 5.41) is 20.9. The van der Waals surface area contributed by atoms with Crippen molar-refractivity contribution in [3.05, 3.63) is 102 Å². The SMILES string of the molecule is CC(C)[C@@H](/C=C/C(=O)NCc1ccccn1)C[C@H](O)[C@H](CC1CCCCC1)NC(=O)[C@H](Cc1cncn1C(=O)OC(C)(C)C)NC(=O)C(=Cc1ccccc1)CC(=O)C(C)(C)C. The molecule has 2 aromatic heterocycles. The number of hydrogen-bond acceptors (Lipinski definition) is 9. The quantitative estimate of drug-likeness (QED) is 0.0887. The number of aromatic nitrogens is 3. The first-order valence-corrected chi connectivity index (χ1v) is 22.0. The maximum atomic E-state index is 14.7. The molecule has 0 radical (unpaired) electrons. The molecule has 3 amide bonds. The zero-order valence-electron chi connectivity index (χ0n) is 37.9. The molecule has 0 bridgehead atoms. The van der Waals surface area contributed by atoms with Crippen LogP contribution >= 0.6 is 0 Å². The summed E-state index contributed by atoms with van der Waals surface area (Å²) in [5.41, 5.74) is 0.381. The maximum Gasteiger partial charge on any atom is 0.420 e. The molecule has 336 valence electrons. The predicted octanol–water partition coefficient (Wildman–Crippen LogP) is 7.53. The molecule has 62 heavy (non-hydrogen) atoms. The third-order valence-corrected chi connectivity index (χ3v) is 11.1. The Balaban J connectivity index is 1.65. The monoisotopic (exact) mass is 853 g/mol. The number of nitrogens with one attached hydrogen (secondary N) is 3. The summed E-state index contributed by atoms with van der Waals surface area (Å²) in [6.07, 6.45) is 13.3. The number of nitrogens with zero attached hydrogens (tertiary/aromatic N) is 3. The van der Waals surface area contributed by atoms with E-state index >= 15 is 0 Å². The molecule has 1 fully saturated rings. The normalized spacial score (nSPS) is 16.0. The first-order chi connectivity index (χ1) is 29.3. The van der Waals surface area contributed by atoms with E-state index in [1.807, 2.05) is 68.5 Å². The van der Waals surface area contributed by atoms with Crippen molar-refractivity contribution in [2.24, 2.45) is 23.2 Å². The molecule has 0 unspecified atom stereocenters. The minimum atomic E-state index is -1.26. The van der Waals surface area contributed by atoms with E-state index in [1.54, 1.807) is 53.8 Å². The van der Waals surface area contributed by atoms with E-state index in [0.717, 1.165) is 37.8 Å². The molecule has 0 aliphatic heterocycles. The van der Waals surface area contributed by atoms with Crippen LogP contribution in [0.5, 0.6) is 0 Å². The summed E-state index contributed by atoms with van der Waals surface area (Å²) in [6, 6.07) is 12.7. The van der Waals surface area contributed by atoms with Crippen molar-refractivity contribution in [3.63, 3.8) is 0 Å². The fourth-order valence-corrected chi connectivity index (χ4v) is 7.35. The molecule has 4 rings (SSSR count). The van der Waals surface area contributed by atoms with Gasteiger partial charge in [-0.1, -0.05) is 109 Å². The minimum Gasteiger partial charge on any atom is -0.443 e. The van der Waals surface area contributed by atoms with Crippen LogP contribution in [0.1, 0.15) is 124 Å². The van der Waals surface area contributed by atoms with Gasteiger partial charge in [0, 0.05) is 36.2 Å². The van der Waals surface area contributed by atoms with Gasteiger partial charge in [-0.05, 0) is 81.2 Å². The summed E-state index contributed by atoms with van der Waals surface area (Å²) < 4.78 is 6.82. The van der Waals surface area contributed by atoms with Crippen LogP contribution in [0.2, 0.25) is 0 Å². The number of allylic oxidation sites excluding steroid dienone is 1. The van der Waals surface area contributed by atoms with E-state index in [2.05, 4.69) is 25.9 Å². The first-order valence-electron chi connectivity index (χ1n) is 22.0. The number of carbonyl (C=O) groups is 5. The number of imidazole rings is 1. The van der Waals surface area contributed by atoms with Gasteiger partial charge < -0.3 is 25.8 Å². The molecule has 13 nitrogen and oxygen atoms in total. The summed E-state index contributed by atoms with van der Waals surface area (Å²) >= 11 is 0. The van der Waals surface area contributed by atoms with Crippen LogP contribution in [-0.4, -0.2) is 73.0 Å². The predicted molar refractivity (Wildman–Crippen MR) is 240 cm³/mol. The number of Topliss-reactive ketones (excluding diaryl/α,β-unsaturated/α-hetero) is 1. The summed E-state index contributed by atoms with van der Waals surface area (Å²) in [5.74, 6) is -1.51. The second-order valence-electron chi connectivity index (χ2n) is 18.9. The number of amides is 3. The lowest BCUT2D eigenvalue weighted by molar-refractivity contribution is -0.129. The third-order valence-electron chi connectivity index (χ3n) is 11.1. The van der Waals surface area contributed by atoms with Crippen LogP contribution in [0.3, 0.4) is 0 Å². The third kappa shape index (κ3) is 16.4. The molecule has 13 heteroatoms. The van der Waals surface area contributed by atoms with Crippen LogP contribution < -0.4 is 16.0 Å². The number of aliphatic hydroxyl groups excluding tert-OH is 1. The number of pyridine rings is 1. The van der Waals surface area contributed by atoms with Crippen molar-refractivity contribution in [1.82, 2.24) is 30.5 Å². The lowest BCUT2D eigenvalue weighted by atomic mass is 9.81. The number of rotatable bonds is 19. The highest BCUT2D eigenvalue weighted by Crippen LogP contribution is 2.30. The number of carbonyl (C=O) groups excluding carboxylic acids is 5. The number of ether oxygens (including phenoxy) is 1. The van der Waals surface area contributed by atoms with Gasteiger partial charge in [-0.25, -0.2) is 14.3 Å². The molecule has 3 aromatic rings. The number of ketones is 1. The average Bonchev–Trinajstić information content (AvgIpc) is 3.69. The van der Waals surface area contributed by atoms with Crippen molar-refractivity contribution < 1.29 is 33.8 Å². The van der Waals surface area contributed by atoms with E-state index in [-0.39, 0.29) is 60.8 Å². The van der Waals surface area contributed by atoms with Crippen LogP contribution in [0.25, 0.3) is 6.08 Å². The van der Waals surface area contributed by atoms with Crippen LogP contribution in [0.15, 0.2) is 85.0 Å². The van der Waals surface area contributed by atoms with Crippen molar-refractivity contribution in [3.8, 4) is 0 Å². The van der Waals surface area contributed by atoms with Crippen molar-refractivity contribution in [1.29, 1.82) is 0 Å². The fourth-order valence-electron chi connectivity index (χ4n) is 7.35. The Labute approximate surface area is 367 Å². The highest BCUT2D eigenvalue weighted by Gasteiger charge is 2.34. The van der Waals surface area contributed by atoms with Gasteiger partial charge in [0.15, 0.2) is 0 Å². The number of benzene rings is 1. The Kier molecular flexibility index (Phi) is 18.4. The molecule has 1 aliphatic carbocycles. The Morgan fingerprint density at radius 3 is 2.26 bits per heavy atom. The summed E-state index contributed by atoms with van der Waals surface area (Å²) in [7, 11) is 0. The van der Waals surface area contributed by atoms with Crippen LogP contribution in [0.4, 0.5) is 4.79 Å². The van der Waals surface area contributed by atoms with Gasteiger partial charge in [-0.2, -0.15) is 0 Å². The Morgan fingerprint density at radius 2 is 1.63 bits per heavy atom. The van der Waals surface area contributed by atoms with Gasteiger partial charge in [0.1, 0.15) is 23.8 Å². The van der Waals surface area contributed by atoms with E-state index in [4.69, 9.17) is 4.74 Å². The molecular weight excluding hydrogens is 785 g/mol. The smallest absolute Gasteiger partial charge is 0.420 e. The molecule has 4 atom stereocenters.